The molecule has 3 rings (SSSR count). The number of aromatic nitrogens is 2. The van der Waals surface area contributed by atoms with Gasteiger partial charge in [-0.25, -0.2) is 0 Å². The second kappa shape index (κ2) is 4.50. The molecule has 0 aromatic carbocycles. The van der Waals surface area contributed by atoms with Crippen LogP contribution in [0.15, 0.2) is 0 Å². The van der Waals surface area contributed by atoms with Gasteiger partial charge in [0.05, 0.1) is 11.4 Å². The second-order valence-electron chi connectivity index (χ2n) is 5.50. The number of hydrogen-bond acceptors (Lipinski definition) is 4. The first-order valence-electron chi connectivity index (χ1n) is 6.87. The molecule has 0 aliphatic carbocycles. The van der Waals surface area contributed by atoms with Crippen LogP contribution in [0, 0.1) is 6.92 Å². The number of carbonyl (C=O) groups excluding carboxylic acids is 2. The molecule has 0 bridgehead atoms. The van der Waals surface area contributed by atoms with Gasteiger partial charge in [0.15, 0.2) is 0 Å². The maximum Gasteiger partial charge on any atom is 0.274 e. The fourth-order valence-electron chi connectivity index (χ4n) is 3.13. The lowest BCUT2D eigenvalue weighted by atomic mass is 10.1. The smallest absolute Gasteiger partial charge is 0.274 e. The van der Waals surface area contributed by atoms with Gasteiger partial charge in [0.1, 0.15) is 5.69 Å². The number of nitrogens with zero attached hydrogens (tertiary/aromatic N) is 4. The molecule has 0 saturated carbocycles. The minimum atomic E-state index is -0.0930. The van der Waals surface area contributed by atoms with Crippen LogP contribution in [0.2, 0.25) is 0 Å². The van der Waals surface area contributed by atoms with Crippen LogP contribution in [0.25, 0.3) is 0 Å². The number of piperazine rings is 1. The third-order valence-electron chi connectivity index (χ3n) is 4.25. The zero-order chi connectivity index (χ0) is 14.4. The van der Waals surface area contributed by atoms with Crippen molar-refractivity contribution < 1.29 is 9.59 Å². The lowest BCUT2D eigenvalue weighted by Crippen LogP contribution is -2.53. The van der Waals surface area contributed by atoms with Crippen LogP contribution in [-0.2, 0) is 11.8 Å². The van der Waals surface area contributed by atoms with Crippen molar-refractivity contribution in [2.45, 2.75) is 25.8 Å². The highest BCUT2D eigenvalue weighted by atomic mass is 16.2. The third-order valence-corrected chi connectivity index (χ3v) is 4.25. The van der Waals surface area contributed by atoms with Crippen LogP contribution in [0.3, 0.4) is 0 Å². The van der Waals surface area contributed by atoms with Crippen molar-refractivity contribution in [1.82, 2.24) is 19.6 Å². The summed E-state index contributed by atoms with van der Waals surface area (Å²) < 4.78 is 1.54. The first-order chi connectivity index (χ1) is 9.49. The zero-order valence-corrected chi connectivity index (χ0v) is 11.8. The molecule has 7 heteroatoms. The number of nitrogens with two attached hydrogens (primary N) is 1. The Hall–Kier alpha value is -2.05. The summed E-state index contributed by atoms with van der Waals surface area (Å²) in [5.41, 5.74) is 7.51. The van der Waals surface area contributed by atoms with Crippen molar-refractivity contribution in [3.05, 3.63) is 11.4 Å². The van der Waals surface area contributed by atoms with Crippen LogP contribution in [0.5, 0.6) is 0 Å². The van der Waals surface area contributed by atoms with E-state index in [9.17, 15) is 9.59 Å². The van der Waals surface area contributed by atoms with Crippen LogP contribution in [0.4, 0.5) is 5.69 Å². The molecule has 2 aliphatic rings. The SMILES string of the molecule is Cc1nn(C)c(C(=O)N2CCN3C(=O)CCC3C2)c1N. The molecule has 2 N–H and O–H groups in total. The van der Waals surface area contributed by atoms with Gasteiger partial charge in [-0.3, -0.25) is 14.3 Å². The summed E-state index contributed by atoms with van der Waals surface area (Å²) in [7, 11) is 1.73. The van der Waals surface area contributed by atoms with Crippen molar-refractivity contribution in [2.24, 2.45) is 7.05 Å². The van der Waals surface area contributed by atoms with E-state index in [0.29, 0.717) is 43.1 Å². The van der Waals surface area contributed by atoms with Gasteiger partial charge < -0.3 is 15.5 Å². The summed E-state index contributed by atoms with van der Waals surface area (Å²) in [6.45, 7) is 3.56. The Morgan fingerprint density at radius 3 is 2.80 bits per heavy atom. The van der Waals surface area contributed by atoms with E-state index in [1.54, 1.807) is 23.6 Å². The van der Waals surface area contributed by atoms with E-state index >= 15 is 0 Å². The second-order valence-corrected chi connectivity index (χ2v) is 5.50. The molecule has 7 nitrogen and oxygen atoms in total. The van der Waals surface area contributed by atoms with Crippen molar-refractivity contribution in [3.8, 4) is 0 Å². The summed E-state index contributed by atoms with van der Waals surface area (Å²) in [4.78, 5) is 27.9. The van der Waals surface area contributed by atoms with Crippen molar-refractivity contribution in [3.63, 3.8) is 0 Å². The largest absolute Gasteiger partial charge is 0.395 e. The number of anilines is 1. The number of amides is 2. The topological polar surface area (TPSA) is 84.5 Å². The van der Waals surface area contributed by atoms with Gasteiger partial charge >= 0.3 is 0 Å². The molecule has 0 spiro atoms. The van der Waals surface area contributed by atoms with E-state index in [1.807, 2.05) is 4.90 Å². The Morgan fingerprint density at radius 1 is 1.40 bits per heavy atom. The lowest BCUT2D eigenvalue weighted by Gasteiger charge is -2.37. The zero-order valence-electron chi connectivity index (χ0n) is 11.8. The summed E-state index contributed by atoms with van der Waals surface area (Å²) in [5.74, 6) is 0.114. The van der Waals surface area contributed by atoms with Gasteiger partial charge in [-0.15, -0.1) is 0 Å². The molecule has 1 aromatic heterocycles. The van der Waals surface area contributed by atoms with Gasteiger partial charge in [0.2, 0.25) is 5.91 Å². The van der Waals surface area contributed by atoms with Crippen molar-refractivity contribution in [1.29, 1.82) is 0 Å². The van der Waals surface area contributed by atoms with Gasteiger partial charge in [-0.05, 0) is 13.3 Å². The Balaban J connectivity index is 1.80. The van der Waals surface area contributed by atoms with Crippen LogP contribution in [-0.4, -0.2) is 57.1 Å². The van der Waals surface area contributed by atoms with Crippen LogP contribution >= 0.6 is 0 Å². The number of fused-ring (bicyclic) bond motifs is 1. The molecule has 20 heavy (non-hydrogen) atoms. The standard InChI is InChI=1S/C13H19N5O2/c1-8-11(14)12(16(2)15-8)13(20)17-5-6-18-9(7-17)3-4-10(18)19/h9H,3-7,14H2,1-2H3. The molecular formula is C13H19N5O2. The fraction of sp³-hybridized carbons (Fsp3) is 0.615. The Kier molecular flexibility index (Phi) is 2.92. The number of carbonyl (C=O) groups is 2. The lowest BCUT2D eigenvalue weighted by molar-refractivity contribution is -0.130. The molecule has 1 atom stereocenters. The number of nitrogen functional groups attached to an aromatic ring is 1. The highest BCUT2D eigenvalue weighted by molar-refractivity contribution is 5.98. The fourth-order valence-corrected chi connectivity index (χ4v) is 3.13. The number of aryl methyl sites for hydroxylation is 2. The molecule has 2 saturated heterocycles. The number of rotatable bonds is 1. The van der Waals surface area contributed by atoms with E-state index in [-0.39, 0.29) is 17.9 Å². The molecule has 3 heterocycles. The van der Waals surface area contributed by atoms with E-state index in [0.717, 1.165) is 6.42 Å². The molecule has 1 unspecified atom stereocenters. The van der Waals surface area contributed by atoms with E-state index in [4.69, 9.17) is 5.73 Å². The minimum Gasteiger partial charge on any atom is -0.395 e. The Morgan fingerprint density at radius 2 is 2.15 bits per heavy atom. The third kappa shape index (κ3) is 1.85. The quantitative estimate of drug-likeness (QED) is 0.767. The van der Waals surface area contributed by atoms with Crippen molar-refractivity contribution >= 4 is 17.5 Å². The van der Waals surface area contributed by atoms with Crippen molar-refractivity contribution in [2.75, 3.05) is 25.4 Å². The monoisotopic (exact) mass is 277 g/mol. The normalized spacial score (nSPS) is 22.3. The van der Waals surface area contributed by atoms with Gasteiger partial charge in [-0.2, -0.15) is 5.10 Å². The van der Waals surface area contributed by atoms with Gasteiger partial charge in [0.25, 0.3) is 5.91 Å². The predicted octanol–water partition coefficient (Wildman–Crippen LogP) is -0.242. The summed E-state index contributed by atoms with van der Waals surface area (Å²) in [6.07, 6.45) is 1.43. The average molecular weight is 277 g/mol. The highest BCUT2D eigenvalue weighted by Crippen LogP contribution is 2.25. The molecule has 2 aliphatic heterocycles. The van der Waals surface area contributed by atoms with Gasteiger partial charge in [-0.1, -0.05) is 0 Å². The van der Waals surface area contributed by atoms with E-state index in [1.165, 1.54) is 0 Å². The van der Waals surface area contributed by atoms with E-state index in [2.05, 4.69) is 5.10 Å². The molecule has 2 fully saturated rings. The minimum absolute atomic E-state index is 0.0930. The first kappa shape index (κ1) is 13.0. The van der Waals surface area contributed by atoms with Gasteiger partial charge in [0, 0.05) is 39.1 Å². The van der Waals surface area contributed by atoms with Crippen LogP contribution in [0.1, 0.15) is 29.0 Å². The highest BCUT2D eigenvalue weighted by Gasteiger charge is 2.38. The summed E-state index contributed by atoms with van der Waals surface area (Å²) in [5, 5.41) is 4.18. The Bertz CT molecular complexity index is 580. The molecule has 1 aromatic rings. The van der Waals surface area contributed by atoms with Crippen LogP contribution < -0.4 is 5.73 Å². The predicted molar refractivity (Wildman–Crippen MR) is 73.0 cm³/mol. The Labute approximate surface area is 117 Å². The summed E-state index contributed by atoms with van der Waals surface area (Å²) >= 11 is 0. The molecule has 0 radical (unpaired) electrons. The molecule has 108 valence electrons. The molecular weight excluding hydrogens is 258 g/mol. The number of hydrogen-bond donors (Lipinski definition) is 1. The maximum atomic E-state index is 12.6. The van der Waals surface area contributed by atoms with E-state index < -0.39 is 0 Å². The average Bonchev–Trinajstić information content (AvgIpc) is 2.90. The molecule has 2 amide bonds. The maximum absolute atomic E-state index is 12.6. The summed E-state index contributed by atoms with van der Waals surface area (Å²) in [6, 6.07) is 0.163. The first-order valence-corrected chi connectivity index (χ1v) is 6.87.